The van der Waals surface area contributed by atoms with Gasteiger partial charge in [0.2, 0.25) is 0 Å². The molecule has 0 spiro atoms. The molecule has 0 aliphatic heterocycles. The number of rotatable bonds is 6. The second kappa shape index (κ2) is 7.50. The molecule has 0 unspecified atom stereocenters. The van der Waals surface area contributed by atoms with E-state index in [1.165, 1.54) is 5.56 Å². The van der Waals surface area contributed by atoms with Crippen LogP contribution in [-0.4, -0.2) is 31.0 Å². The third-order valence-corrected chi connectivity index (χ3v) is 3.82. The van der Waals surface area contributed by atoms with Crippen molar-refractivity contribution in [3.05, 3.63) is 23.8 Å². The van der Waals surface area contributed by atoms with E-state index in [4.69, 9.17) is 9.47 Å². The molecule has 0 aromatic heterocycles. The largest absolute Gasteiger partial charge is 0.493 e. The van der Waals surface area contributed by atoms with Crippen molar-refractivity contribution in [2.45, 2.75) is 51.3 Å². The SMILES string of the molecule is CCOc1ccc(CNC2CCC(O)CC2)cc1OC. The van der Waals surface area contributed by atoms with Crippen LogP contribution < -0.4 is 14.8 Å². The maximum Gasteiger partial charge on any atom is 0.161 e. The van der Waals surface area contributed by atoms with E-state index in [-0.39, 0.29) is 6.10 Å². The van der Waals surface area contributed by atoms with E-state index >= 15 is 0 Å². The first-order valence-electron chi connectivity index (χ1n) is 7.44. The van der Waals surface area contributed by atoms with Crippen LogP contribution in [-0.2, 0) is 6.54 Å². The van der Waals surface area contributed by atoms with E-state index in [1.807, 2.05) is 19.1 Å². The Balaban J connectivity index is 1.89. The summed E-state index contributed by atoms with van der Waals surface area (Å²) >= 11 is 0. The number of hydrogen-bond acceptors (Lipinski definition) is 4. The van der Waals surface area contributed by atoms with Crippen LogP contribution in [0.2, 0.25) is 0 Å². The quantitative estimate of drug-likeness (QED) is 0.840. The van der Waals surface area contributed by atoms with Gasteiger partial charge >= 0.3 is 0 Å². The van der Waals surface area contributed by atoms with Crippen LogP contribution in [0.15, 0.2) is 18.2 Å². The van der Waals surface area contributed by atoms with Crippen molar-refractivity contribution in [2.75, 3.05) is 13.7 Å². The minimum absolute atomic E-state index is 0.0985. The van der Waals surface area contributed by atoms with E-state index < -0.39 is 0 Å². The topological polar surface area (TPSA) is 50.7 Å². The Kier molecular flexibility index (Phi) is 5.68. The van der Waals surface area contributed by atoms with Gasteiger partial charge in [0.15, 0.2) is 11.5 Å². The lowest BCUT2D eigenvalue weighted by Crippen LogP contribution is -2.34. The molecule has 1 saturated carbocycles. The molecular weight excluding hydrogens is 254 g/mol. The van der Waals surface area contributed by atoms with Crippen molar-refractivity contribution in [3.63, 3.8) is 0 Å². The summed E-state index contributed by atoms with van der Waals surface area (Å²) in [5.74, 6) is 1.57. The monoisotopic (exact) mass is 279 g/mol. The zero-order valence-corrected chi connectivity index (χ0v) is 12.4. The maximum atomic E-state index is 9.50. The number of nitrogens with one attached hydrogen (secondary N) is 1. The van der Waals surface area contributed by atoms with Gasteiger partial charge in [-0.3, -0.25) is 0 Å². The van der Waals surface area contributed by atoms with Crippen LogP contribution in [0.25, 0.3) is 0 Å². The van der Waals surface area contributed by atoms with Gasteiger partial charge in [0.05, 0.1) is 19.8 Å². The Morgan fingerprint density at radius 1 is 1.20 bits per heavy atom. The molecule has 0 saturated heterocycles. The van der Waals surface area contributed by atoms with Gasteiger partial charge in [-0.05, 0) is 50.3 Å². The van der Waals surface area contributed by atoms with E-state index in [0.29, 0.717) is 12.6 Å². The normalized spacial score (nSPS) is 22.6. The summed E-state index contributed by atoms with van der Waals surface area (Å²) in [5.41, 5.74) is 1.19. The summed E-state index contributed by atoms with van der Waals surface area (Å²) in [7, 11) is 1.66. The molecule has 1 aliphatic rings. The molecule has 0 bridgehead atoms. The van der Waals surface area contributed by atoms with Gasteiger partial charge < -0.3 is 19.9 Å². The minimum Gasteiger partial charge on any atom is -0.493 e. The lowest BCUT2D eigenvalue weighted by molar-refractivity contribution is 0.116. The van der Waals surface area contributed by atoms with Gasteiger partial charge in [0.1, 0.15) is 0 Å². The van der Waals surface area contributed by atoms with Crippen LogP contribution in [0.4, 0.5) is 0 Å². The van der Waals surface area contributed by atoms with Crippen LogP contribution in [0.5, 0.6) is 11.5 Å². The Labute approximate surface area is 121 Å². The Bertz CT molecular complexity index is 414. The minimum atomic E-state index is -0.0985. The molecule has 1 aliphatic carbocycles. The summed E-state index contributed by atoms with van der Waals surface area (Å²) < 4.78 is 10.9. The Hall–Kier alpha value is -1.26. The number of aliphatic hydroxyl groups excluding tert-OH is 1. The number of methoxy groups -OCH3 is 1. The summed E-state index contributed by atoms with van der Waals surface area (Å²) in [6, 6.07) is 6.56. The molecule has 0 atom stereocenters. The Morgan fingerprint density at radius 3 is 2.60 bits per heavy atom. The van der Waals surface area contributed by atoms with Gasteiger partial charge in [-0.1, -0.05) is 6.07 Å². The number of hydrogen-bond donors (Lipinski definition) is 2. The van der Waals surface area contributed by atoms with E-state index in [1.54, 1.807) is 7.11 Å². The molecule has 1 aromatic rings. The number of benzene rings is 1. The van der Waals surface area contributed by atoms with Gasteiger partial charge in [-0.15, -0.1) is 0 Å². The smallest absolute Gasteiger partial charge is 0.161 e. The fraction of sp³-hybridized carbons (Fsp3) is 0.625. The lowest BCUT2D eigenvalue weighted by atomic mass is 9.93. The fourth-order valence-corrected chi connectivity index (χ4v) is 2.64. The molecule has 4 heteroatoms. The maximum absolute atomic E-state index is 9.50. The van der Waals surface area contributed by atoms with E-state index in [2.05, 4.69) is 11.4 Å². The van der Waals surface area contributed by atoms with Crippen LogP contribution >= 0.6 is 0 Å². The molecule has 0 heterocycles. The van der Waals surface area contributed by atoms with Crippen molar-refractivity contribution < 1.29 is 14.6 Å². The molecule has 112 valence electrons. The second-order valence-corrected chi connectivity index (χ2v) is 5.30. The second-order valence-electron chi connectivity index (χ2n) is 5.30. The summed E-state index contributed by atoms with van der Waals surface area (Å²) in [5, 5.41) is 13.1. The third-order valence-electron chi connectivity index (χ3n) is 3.82. The zero-order valence-electron chi connectivity index (χ0n) is 12.4. The first-order valence-corrected chi connectivity index (χ1v) is 7.44. The highest BCUT2D eigenvalue weighted by atomic mass is 16.5. The Morgan fingerprint density at radius 2 is 1.95 bits per heavy atom. The molecule has 0 radical (unpaired) electrons. The number of aliphatic hydroxyl groups is 1. The van der Waals surface area contributed by atoms with Gasteiger partial charge in [-0.25, -0.2) is 0 Å². The number of ether oxygens (including phenoxy) is 2. The van der Waals surface area contributed by atoms with Crippen molar-refractivity contribution in [3.8, 4) is 11.5 Å². The first kappa shape index (κ1) is 15.1. The standard InChI is InChI=1S/C16H25NO3/c1-3-20-15-9-4-12(10-16(15)19-2)11-17-13-5-7-14(18)8-6-13/h4,9-10,13-14,17-18H,3,5-8,11H2,1-2H3. The lowest BCUT2D eigenvalue weighted by Gasteiger charge is -2.26. The third kappa shape index (κ3) is 4.12. The van der Waals surface area contributed by atoms with Crippen LogP contribution in [0.1, 0.15) is 38.2 Å². The summed E-state index contributed by atoms with van der Waals surface area (Å²) in [6.07, 6.45) is 3.82. The van der Waals surface area contributed by atoms with Crippen LogP contribution in [0.3, 0.4) is 0 Å². The average molecular weight is 279 g/mol. The molecule has 1 fully saturated rings. The van der Waals surface area contributed by atoms with Gasteiger partial charge in [-0.2, -0.15) is 0 Å². The molecule has 4 nitrogen and oxygen atoms in total. The van der Waals surface area contributed by atoms with Crippen molar-refractivity contribution >= 4 is 0 Å². The van der Waals surface area contributed by atoms with Crippen LogP contribution in [0, 0.1) is 0 Å². The fourth-order valence-electron chi connectivity index (χ4n) is 2.64. The average Bonchev–Trinajstić information content (AvgIpc) is 2.48. The summed E-state index contributed by atoms with van der Waals surface area (Å²) in [6.45, 7) is 3.42. The van der Waals surface area contributed by atoms with Crippen molar-refractivity contribution in [1.29, 1.82) is 0 Å². The van der Waals surface area contributed by atoms with Gasteiger partial charge in [0.25, 0.3) is 0 Å². The highest BCUT2D eigenvalue weighted by Gasteiger charge is 2.18. The zero-order chi connectivity index (χ0) is 14.4. The molecule has 1 aromatic carbocycles. The predicted molar refractivity (Wildman–Crippen MR) is 79.3 cm³/mol. The van der Waals surface area contributed by atoms with Gasteiger partial charge in [0, 0.05) is 12.6 Å². The summed E-state index contributed by atoms with van der Waals surface area (Å²) in [4.78, 5) is 0. The molecular formula is C16H25NO3. The first-order chi connectivity index (χ1) is 9.72. The molecule has 0 amide bonds. The molecule has 2 N–H and O–H groups in total. The van der Waals surface area contributed by atoms with E-state index in [9.17, 15) is 5.11 Å². The van der Waals surface area contributed by atoms with E-state index in [0.717, 1.165) is 43.7 Å². The molecule has 2 rings (SSSR count). The molecule has 20 heavy (non-hydrogen) atoms. The predicted octanol–water partition coefficient (Wildman–Crippen LogP) is 2.49. The highest BCUT2D eigenvalue weighted by Crippen LogP contribution is 2.28. The van der Waals surface area contributed by atoms with Crippen molar-refractivity contribution in [2.24, 2.45) is 0 Å². The highest BCUT2D eigenvalue weighted by molar-refractivity contribution is 5.42. The van der Waals surface area contributed by atoms with Crippen molar-refractivity contribution in [1.82, 2.24) is 5.32 Å².